The summed E-state index contributed by atoms with van der Waals surface area (Å²) in [6.45, 7) is 8.07. The second kappa shape index (κ2) is 15.0. The van der Waals surface area contributed by atoms with E-state index < -0.39 is 5.54 Å². The Kier molecular flexibility index (Phi) is 12.4. The molecular formula is C29H41Cl2N7O3. The molecular weight excluding hydrogens is 565 g/mol. The fraction of sp³-hybridized carbons (Fsp3) is 0.448. The first-order valence-corrected chi connectivity index (χ1v) is 13.6. The molecule has 2 heterocycles. The molecule has 0 bridgehead atoms. The van der Waals surface area contributed by atoms with Gasteiger partial charge in [0, 0.05) is 24.3 Å². The number of benzene rings is 2. The molecule has 1 saturated heterocycles. The topological polar surface area (TPSA) is 149 Å². The SMILES string of the molecule is CCCCOC(=O)CN[C@@](C)(C(=O)N1CCCC1)c1ccc2[nH]c(CNc3ccc(C(=N)N)cc3)nc2c1C.Cl.Cl. The Morgan fingerprint density at radius 1 is 1.15 bits per heavy atom. The number of halogens is 2. The van der Waals surface area contributed by atoms with Gasteiger partial charge in [-0.2, -0.15) is 0 Å². The summed E-state index contributed by atoms with van der Waals surface area (Å²) >= 11 is 0. The number of aromatic amines is 1. The molecule has 1 atom stereocenters. The van der Waals surface area contributed by atoms with Gasteiger partial charge in [0.25, 0.3) is 0 Å². The van der Waals surface area contributed by atoms with Crippen molar-refractivity contribution in [3.05, 3.63) is 58.9 Å². The zero-order chi connectivity index (χ0) is 28.0. The van der Waals surface area contributed by atoms with Gasteiger partial charge in [0.2, 0.25) is 5.91 Å². The van der Waals surface area contributed by atoms with Crippen molar-refractivity contribution in [1.82, 2.24) is 20.2 Å². The van der Waals surface area contributed by atoms with E-state index in [1.807, 2.05) is 49.9 Å². The zero-order valence-corrected chi connectivity index (χ0v) is 25.5. The van der Waals surface area contributed by atoms with Gasteiger partial charge in [-0.25, -0.2) is 4.98 Å². The number of nitrogen functional groups attached to an aromatic ring is 1. The number of rotatable bonds is 12. The highest BCUT2D eigenvalue weighted by atomic mass is 35.5. The van der Waals surface area contributed by atoms with Crippen LogP contribution in [-0.2, 0) is 26.4 Å². The minimum atomic E-state index is -1.11. The number of carbonyl (C=O) groups excluding carboxylic acids is 2. The molecule has 2 aromatic carbocycles. The third kappa shape index (κ3) is 7.90. The first-order chi connectivity index (χ1) is 18.7. The predicted molar refractivity (Wildman–Crippen MR) is 167 cm³/mol. The first-order valence-electron chi connectivity index (χ1n) is 13.6. The van der Waals surface area contributed by atoms with Crippen molar-refractivity contribution in [2.24, 2.45) is 5.73 Å². The predicted octanol–water partition coefficient (Wildman–Crippen LogP) is 4.38. The first kappa shape index (κ1) is 33.9. The second-order valence-corrected chi connectivity index (χ2v) is 10.2. The summed E-state index contributed by atoms with van der Waals surface area (Å²) in [6.07, 6.45) is 3.71. The Labute approximate surface area is 253 Å². The molecule has 0 spiro atoms. The fourth-order valence-corrected chi connectivity index (χ4v) is 5.00. The van der Waals surface area contributed by atoms with Gasteiger partial charge in [0.1, 0.15) is 17.2 Å². The number of aryl methyl sites for hydroxylation is 1. The van der Waals surface area contributed by atoms with Crippen LogP contribution < -0.4 is 16.4 Å². The lowest BCUT2D eigenvalue weighted by atomic mass is 9.86. The van der Waals surface area contributed by atoms with Crippen LogP contribution in [0.4, 0.5) is 5.69 Å². The molecule has 3 aromatic rings. The molecule has 0 saturated carbocycles. The van der Waals surface area contributed by atoms with E-state index in [0.717, 1.165) is 59.4 Å². The zero-order valence-electron chi connectivity index (χ0n) is 23.8. The van der Waals surface area contributed by atoms with Gasteiger partial charge in [-0.05, 0) is 74.6 Å². The number of anilines is 1. The van der Waals surface area contributed by atoms with Crippen LogP contribution in [0.5, 0.6) is 0 Å². The number of carbonyl (C=O) groups is 2. The molecule has 0 radical (unpaired) electrons. The van der Waals surface area contributed by atoms with Gasteiger partial charge in [-0.1, -0.05) is 19.4 Å². The van der Waals surface area contributed by atoms with Crippen molar-refractivity contribution in [3.8, 4) is 0 Å². The maximum absolute atomic E-state index is 13.8. The average molecular weight is 607 g/mol. The van der Waals surface area contributed by atoms with E-state index in [1.165, 1.54) is 0 Å². The number of nitrogens with zero attached hydrogens (tertiary/aromatic N) is 2. The van der Waals surface area contributed by atoms with Crippen LogP contribution in [0.1, 0.15) is 62.0 Å². The van der Waals surface area contributed by atoms with Crippen LogP contribution in [0.3, 0.4) is 0 Å². The second-order valence-electron chi connectivity index (χ2n) is 10.2. The van der Waals surface area contributed by atoms with Crippen LogP contribution in [0.25, 0.3) is 11.0 Å². The highest BCUT2D eigenvalue weighted by Gasteiger charge is 2.41. The minimum Gasteiger partial charge on any atom is -0.465 e. The van der Waals surface area contributed by atoms with Crippen LogP contribution in [0, 0.1) is 12.3 Å². The van der Waals surface area contributed by atoms with E-state index in [1.54, 1.807) is 12.1 Å². The maximum atomic E-state index is 13.8. The lowest BCUT2D eigenvalue weighted by Gasteiger charge is -2.35. The summed E-state index contributed by atoms with van der Waals surface area (Å²) in [7, 11) is 0. The molecule has 224 valence electrons. The Bertz CT molecular complexity index is 1340. The number of nitrogens with one attached hydrogen (secondary N) is 4. The van der Waals surface area contributed by atoms with E-state index in [4.69, 9.17) is 20.9 Å². The maximum Gasteiger partial charge on any atom is 0.319 e. The highest BCUT2D eigenvalue weighted by molar-refractivity contribution is 5.95. The summed E-state index contributed by atoms with van der Waals surface area (Å²) in [6, 6.07) is 11.2. The molecule has 1 aliphatic heterocycles. The molecule has 0 unspecified atom stereocenters. The van der Waals surface area contributed by atoms with Crippen LogP contribution >= 0.6 is 24.8 Å². The van der Waals surface area contributed by atoms with Gasteiger partial charge in [0.05, 0.1) is 30.7 Å². The molecule has 1 fully saturated rings. The number of H-pyrrole nitrogens is 1. The van der Waals surface area contributed by atoms with Crippen molar-refractivity contribution in [3.63, 3.8) is 0 Å². The minimum absolute atomic E-state index is 0. The number of likely N-dealkylation sites (tertiary alicyclic amines) is 1. The molecule has 1 amide bonds. The van der Waals surface area contributed by atoms with E-state index in [0.29, 0.717) is 31.8 Å². The van der Waals surface area contributed by atoms with Gasteiger partial charge in [-0.15, -0.1) is 24.8 Å². The summed E-state index contributed by atoms with van der Waals surface area (Å²) in [4.78, 5) is 36.3. The fourth-order valence-electron chi connectivity index (χ4n) is 5.00. The number of unbranched alkanes of at least 4 members (excludes halogenated alkanes) is 1. The smallest absolute Gasteiger partial charge is 0.319 e. The van der Waals surface area contributed by atoms with Crippen LogP contribution in [0.15, 0.2) is 36.4 Å². The number of amides is 1. The monoisotopic (exact) mass is 605 g/mol. The van der Waals surface area contributed by atoms with Gasteiger partial charge < -0.3 is 25.7 Å². The van der Waals surface area contributed by atoms with E-state index in [9.17, 15) is 9.59 Å². The summed E-state index contributed by atoms with van der Waals surface area (Å²) in [5, 5.41) is 14.1. The molecule has 10 nitrogen and oxygen atoms in total. The van der Waals surface area contributed by atoms with E-state index >= 15 is 0 Å². The Morgan fingerprint density at radius 3 is 2.46 bits per heavy atom. The third-order valence-electron chi connectivity index (χ3n) is 7.32. The third-order valence-corrected chi connectivity index (χ3v) is 7.32. The molecule has 41 heavy (non-hydrogen) atoms. The molecule has 12 heteroatoms. The average Bonchev–Trinajstić information content (AvgIpc) is 3.61. The van der Waals surface area contributed by atoms with Crippen molar-refractivity contribution >= 4 is 59.2 Å². The van der Waals surface area contributed by atoms with Crippen LogP contribution in [0.2, 0.25) is 0 Å². The number of amidine groups is 1. The number of hydrogen-bond donors (Lipinski definition) is 5. The summed E-state index contributed by atoms with van der Waals surface area (Å²) in [5.41, 5.74) is 9.30. The number of imidazole rings is 1. The molecule has 4 rings (SSSR count). The van der Waals surface area contributed by atoms with Crippen LogP contribution in [-0.4, -0.2) is 58.8 Å². The summed E-state index contributed by atoms with van der Waals surface area (Å²) < 4.78 is 5.34. The Balaban J connectivity index is 0.00000294. The molecule has 1 aliphatic rings. The molecule has 1 aromatic heterocycles. The molecule has 0 aliphatic carbocycles. The standard InChI is InChI=1S/C29H39N7O3.2ClH/c1-4-5-16-39-25(37)18-33-29(3,28(38)36-14-6-7-15-36)22-12-13-23-26(19(22)2)35-24(34-23)17-32-21-10-8-20(9-11-21)27(30)31;;/h8-13,32-33H,4-7,14-18H2,1-3H3,(H3,30,31)(H,34,35);2*1H/t29-;;/m1../s1. The molecule has 6 N–H and O–H groups in total. The normalized spacial score (nSPS) is 14.1. The largest absolute Gasteiger partial charge is 0.465 e. The van der Waals surface area contributed by atoms with Crippen molar-refractivity contribution < 1.29 is 14.3 Å². The van der Waals surface area contributed by atoms with Crippen molar-refractivity contribution in [2.45, 2.75) is 58.5 Å². The number of ether oxygens (including phenoxy) is 1. The number of nitrogens with two attached hydrogens (primary N) is 1. The lowest BCUT2D eigenvalue weighted by molar-refractivity contribution is -0.144. The number of fused-ring (bicyclic) bond motifs is 1. The van der Waals surface area contributed by atoms with Gasteiger partial charge >= 0.3 is 5.97 Å². The number of aromatic nitrogens is 2. The number of hydrogen-bond acceptors (Lipinski definition) is 7. The number of esters is 1. The Morgan fingerprint density at radius 2 is 1.83 bits per heavy atom. The lowest BCUT2D eigenvalue weighted by Crippen LogP contribution is -2.54. The van der Waals surface area contributed by atoms with Crippen molar-refractivity contribution in [1.29, 1.82) is 5.41 Å². The Hall–Kier alpha value is -3.34. The highest BCUT2D eigenvalue weighted by Crippen LogP contribution is 2.32. The van der Waals surface area contributed by atoms with Gasteiger partial charge in [0.15, 0.2) is 0 Å². The van der Waals surface area contributed by atoms with Gasteiger partial charge in [-0.3, -0.25) is 20.3 Å². The quantitative estimate of drug-likeness (QED) is 0.0889. The van der Waals surface area contributed by atoms with E-state index in [2.05, 4.69) is 15.6 Å². The van der Waals surface area contributed by atoms with Crippen molar-refractivity contribution in [2.75, 3.05) is 31.6 Å². The van der Waals surface area contributed by atoms with E-state index in [-0.39, 0.29) is 49.1 Å². The summed E-state index contributed by atoms with van der Waals surface area (Å²) in [5.74, 6) is 0.367.